The van der Waals surface area contributed by atoms with E-state index in [0.717, 1.165) is 45.3 Å². The van der Waals surface area contributed by atoms with Crippen molar-refractivity contribution >= 4 is 5.82 Å². The molecule has 5 nitrogen and oxygen atoms in total. The highest BCUT2D eigenvalue weighted by molar-refractivity contribution is 5.24. The van der Waals surface area contributed by atoms with Crippen LogP contribution in [0.2, 0.25) is 0 Å². The van der Waals surface area contributed by atoms with E-state index in [1.54, 1.807) is 0 Å². The SMILES string of the molecule is N#CCCCCN1CCC(n2ccc(N)n2)CC1. The number of nitrogen functional groups attached to an aromatic ring is 1. The normalized spacial score (nSPS) is 17.7. The van der Waals surface area contributed by atoms with Crippen LogP contribution in [0.15, 0.2) is 12.3 Å². The van der Waals surface area contributed by atoms with Crippen LogP contribution in [0.1, 0.15) is 38.1 Å². The average Bonchev–Trinajstić information content (AvgIpc) is 2.82. The highest BCUT2D eigenvalue weighted by atomic mass is 15.3. The highest BCUT2D eigenvalue weighted by Gasteiger charge is 2.20. The molecule has 18 heavy (non-hydrogen) atoms. The number of nitriles is 1. The molecular formula is C13H21N5. The Morgan fingerprint density at radius 2 is 2.17 bits per heavy atom. The monoisotopic (exact) mass is 247 g/mol. The van der Waals surface area contributed by atoms with Gasteiger partial charge in [-0.1, -0.05) is 0 Å². The topological polar surface area (TPSA) is 70.9 Å². The molecule has 0 saturated carbocycles. The summed E-state index contributed by atoms with van der Waals surface area (Å²) in [5, 5.41) is 12.8. The van der Waals surface area contributed by atoms with Gasteiger partial charge in [0.1, 0.15) is 5.82 Å². The van der Waals surface area contributed by atoms with E-state index in [-0.39, 0.29) is 0 Å². The fourth-order valence-corrected chi connectivity index (χ4v) is 2.50. The van der Waals surface area contributed by atoms with Crippen LogP contribution in [-0.2, 0) is 0 Å². The molecule has 98 valence electrons. The van der Waals surface area contributed by atoms with E-state index < -0.39 is 0 Å². The second-order valence-corrected chi connectivity index (χ2v) is 4.91. The van der Waals surface area contributed by atoms with Crippen molar-refractivity contribution < 1.29 is 0 Å². The summed E-state index contributed by atoms with van der Waals surface area (Å²) < 4.78 is 2.00. The van der Waals surface area contributed by atoms with Crippen molar-refractivity contribution in [3.05, 3.63) is 12.3 Å². The predicted octanol–water partition coefficient (Wildman–Crippen LogP) is 1.80. The van der Waals surface area contributed by atoms with Crippen molar-refractivity contribution in [3.8, 4) is 6.07 Å². The largest absolute Gasteiger partial charge is 0.382 e. The van der Waals surface area contributed by atoms with Crippen LogP contribution >= 0.6 is 0 Å². The Kier molecular flexibility index (Phi) is 4.59. The van der Waals surface area contributed by atoms with Gasteiger partial charge in [0, 0.05) is 25.7 Å². The van der Waals surface area contributed by atoms with Crippen LogP contribution in [0.25, 0.3) is 0 Å². The molecule has 0 atom stereocenters. The van der Waals surface area contributed by atoms with E-state index in [1.165, 1.54) is 0 Å². The summed E-state index contributed by atoms with van der Waals surface area (Å²) in [5.74, 6) is 0.605. The molecule has 0 aliphatic carbocycles. The Labute approximate surface area is 108 Å². The third-order valence-corrected chi connectivity index (χ3v) is 3.57. The van der Waals surface area contributed by atoms with Gasteiger partial charge in [0.05, 0.1) is 12.1 Å². The number of rotatable bonds is 5. The number of unbranched alkanes of at least 4 members (excludes halogenated alkanes) is 2. The minimum absolute atomic E-state index is 0.498. The maximum atomic E-state index is 8.48. The molecular weight excluding hydrogens is 226 g/mol. The third-order valence-electron chi connectivity index (χ3n) is 3.57. The molecule has 5 heteroatoms. The number of piperidine rings is 1. The zero-order valence-corrected chi connectivity index (χ0v) is 10.8. The highest BCUT2D eigenvalue weighted by Crippen LogP contribution is 2.22. The van der Waals surface area contributed by atoms with Gasteiger partial charge in [-0.05, 0) is 38.3 Å². The maximum absolute atomic E-state index is 8.48. The first-order valence-electron chi connectivity index (χ1n) is 6.69. The molecule has 0 bridgehead atoms. The lowest BCUT2D eigenvalue weighted by atomic mass is 10.0. The number of likely N-dealkylation sites (tertiary alicyclic amines) is 1. The summed E-state index contributed by atoms with van der Waals surface area (Å²) in [7, 11) is 0. The van der Waals surface area contributed by atoms with Crippen molar-refractivity contribution in [1.29, 1.82) is 5.26 Å². The fraction of sp³-hybridized carbons (Fsp3) is 0.692. The number of nitrogens with zero attached hydrogens (tertiary/aromatic N) is 4. The standard InChI is InChI=1S/C13H21N5/c14-7-2-1-3-8-17-9-4-12(5-10-17)18-11-6-13(15)16-18/h6,11-12H,1-5,8-10H2,(H2,15,16). The van der Waals surface area contributed by atoms with Gasteiger partial charge in [-0.25, -0.2) is 0 Å². The minimum Gasteiger partial charge on any atom is -0.382 e. The van der Waals surface area contributed by atoms with Gasteiger partial charge in [0.2, 0.25) is 0 Å². The first kappa shape index (κ1) is 12.9. The molecule has 1 aromatic rings. The molecule has 0 radical (unpaired) electrons. The molecule has 2 N–H and O–H groups in total. The van der Waals surface area contributed by atoms with Crippen LogP contribution < -0.4 is 5.73 Å². The first-order chi connectivity index (χ1) is 8.79. The molecule has 0 amide bonds. The van der Waals surface area contributed by atoms with Crippen molar-refractivity contribution in [2.75, 3.05) is 25.4 Å². The van der Waals surface area contributed by atoms with Gasteiger partial charge >= 0.3 is 0 Å². The number of nitrogens with two attached hydrogens (primary N) is 1. The molecule has 1 aromatic heterocycles. The van der Waals surface area contributed by atoms with Gasteiger partial charge in [-0.2, -0.15) is 10.4 Å². The second kappa shape index (κ2) is 6.41. The first-order valence-corrected chi connectivity index (χ1v) is 6.69. The number of anilines is 1. The lowest BCUT2D eigenvalue weighted by Gasteiger charge is -2.31. The predicted molar refractivity (Wildman–Crippen MR) is 70.8 cm³/mol. The third kappa shape index (κ3) is 3.47. The fourth-order valence-electron chi connectivity index (χ4n) is 2.50. The van der Waals surface area contributed by atoms with Crippen LogP contribution in [0.4, 0.5) is 5.82 Å². The van der Waals surface area contributed by atoms with E-state index >= 15 is 0 Å². The minimum atomic E-state index is 0.498. The summed E-state index contributed by atoms with van der Waals surface area (Å²) >= 11 is 0. The zero-order chi connectivity index (χ0) is 12.8. The van der Waals surface area contributed by atoms with Crippen molar-refractivity contribution in [3.63, 3.8) is 0 Å². The number of hydrogen-bond acceptors (Lipinski definition) is 4. The van der Waals surface area contributed by atoms with E-state index in [4.69, 9.17) is 11.0 Å². The van der Waals surface area contributed by atoms with Gasteiger partial charge < -0.3 is 10.6 Å². The molecule has 1 aliphatic heterocycles. The Morgan fingerprint density at radius 1 is 1.39 bits per heavy atom. The van der Waals surface area contributed by atoms with Crippen molar-refractivity contribution in [1.82, 2.24) is 14.7 Å². The summed E-state index contributed by atoms with van der Waals surface area (Å²) in [5.41, 5.74) is 5.64. The smallest absolute Gasteiger partial charge is 0.145 e. The quantitative estimate of drug-likeness (QED) is 0.805. The van der Waals surface area contributed by atoms with Gasteiger partial charge in [0.15, 0.2) is 0 Å². The molecule has 1 aliphatic rings. The van der Waals surface area contributed by atoms with Crippen molar-refractivity contribution in [2.45, 2.75) is 38.1 Å². The number of aromatic nitrogens is 2. The van der Waals surface area contributed by atoms with Crippen LogP contribution in [0, 0.1) is 11.3 Å². The summed E-state index contributed by atoms with van der Waals surface area (Å²) in [6.45, 7) is 3.36. The summed E-state index contributed by atoms with van der Waals surface area (Å²) in [4.78, 5) is 2.49. The Morgan fingerprint density at radius 3 is 2.78 bits per heavy atom. The number of hydrogen-bond donors (Lipinski definition) is 1. The molecule has 2 heterocycles. The Balaban J connectivity index is 1.70. The molecule has 0 spiro atoms. The van der Waals surface area contributed by atoms with Crippen LogP contribution in [0.5, 0.6) is 0 Å². The average molecular weight is 247 g/mol. The van der Waals surface area contributed by atoms with Crippen molar-refractivity contribution in [2.24, 2.45) is 0 Å². The lowest BCUT2D eigenvalue weighted by Crippen LogP contribution is -2.35. The summed E-state index contributed by atoms with van der Waals surface area (Å²) in [6, 6.07) is 4.55. The van der Waals surface area contributed by atoms with Crippen LogP contribution in [-0.4, -0.2) is 34.3 Å². The van der Waals surface area contributed by atoms with Crippen LogP contribution in [0.3, 0.4) is 0 Å². The van der Waals surface area contributed by atoms with Gasteiger partial charge in [-0.15, -0.1) is 0 Å². The summed E-state index contributed by atoms with van der Waals surface area (Å²) in [6.07, 6.45) is 7.09. The van der Waals surface area contributed by atoms with Gasteiger partial charge in [0.25, 0.3) is 0 Å². The molecule has 2 rings (SSSR count). The molecule has 1 fully saturated rings. The Bertz CT molecular complexity index is 398. The Hall–Kier alpha value is -1.54. The maximum Gasteiger partial charge on any atom is 0.145 e. The van der Waals surface area contributed by atoms with E-state index in [1.807, 2.05) is 16.9 Å². The second-order valence-electron chi connectivity index (χ2n) is 4.91. The lowest BCUT2D eigenvalue weighted by molar-refractivity contribution is 0.178. The molecule has 1 saturated heterocycles. The van der Waals surface area contributed by atoms with E-state index in [0.29, 0.717) is 18.3 Å². The molecule has 0 unspecified atom stereocenters. The molecule has 0 aromatic carbocycles. The zero-order valence-electron chi connectivity index (χ0n) is 10.8. The van der Waals surface area contributed by atoms with E-state index in [2.05, 4.69) is 16.1 Å². The van der Waals surface area contributed by atoms with E-state index in [9.17, 15) is 0 Å². The van der Waals surface area contributed by atoms with Gasteiger partial charge in [-0.3, -0.25) is 4.68 Å².